The number of rotatable bonds is 9. The minimum Gasteiger partial charge on any atom is -0.396 e. The minimum atomic E-state index is 0.179. The van der Waals surface area contributed by atoms with Crippen molar-refractivity contribution in [3.05, 3.63) is 107 Å². The standard InChI is InChI=1S/C30H37NO/c1-4-23(2)12-13-24(3)30(29(11-8-22-32)27-9-6-5-7-10-27)28-16-14-25(15-17-28)26-18-20-31-21-19-26/h4-7,9-10,12-17,26,31-32H,3,8,11,18-22H2,1-2H3/b13-12-,23-4-,30-29-. The second kappa shape index (κ2) is 12.4. The summed E-state index contributed by atoms with van der Waals surface area (Å²) in [6.45, 7) is 11.0. The summed E-state index contributed by atoms with van der Waals surface area (Å²) in [5.74, 6) is 0.640. The Morgan fingerprint density at radius 2 is 1.69 bits per heavy atom. The molecule has 0 aliphatic carbocycles. The maximum absolute atomic E-state index is 9.57. The van der Waals surface area contributed by atoms with Crippen LogP contribution in [0.15, 0.2) is 90.6 Å². The van der Waals surface area contributed by atoms with Gasteiger partial charge in [0.1, 0.15) is 0 Å². The summed E-state index contributed by atoms with van der Waals surface area (Å²) in [6.07, 6.45) is 10.3. The highest BCUT2D eigenvalue weighted by Gasteiger charge is 2.17. The van der Waals surface area contributed by atoms with Crippen LogP contribution in [0.2, 0.25) is 0 Å². The molecule has 2 nitrogen and oxygen atoms in total. The fourth-order valence-electron chi connectivity index (χ4n) is 4.35. The van der Waals surface area contributed by atoms with Crippen LogP contribution >= 0.6 is 0 Å². The van der Waals surface area contributed by atoms with Gasteiger partial charge in [0.25, 0.3) is 0 Å². The van der Waals surface area contributed by atoms with Crippen LogP contribution in [0, 0.1) is 0 Å². The Morgan fingerprint density at radius 1 is 1.00 bits per heavy atom. The number of allylic oxidation sites excluding steroid dienone is 7. The molecule has 32 heavy (non-hydrogen) atoms. The normalized spacial score (nSPS) is 16.3. The molecule has 1 aliphatic rings. The first-order valence-corrected chi connectivity index (χ1v) is 11.8. The number of aliphatic hydroxyl groups excluding tert-OH is 1. The highest BCUT2D eigenvalue weighted by molar-refractivity contribution is 5.99. The number of piperidine rings is 1. The highest BCUT2D eigenvalue weighted by atomic mass is 16.2. The summed E-state index contributed by atoms with van der Waals surface area (Å²) >= 11 is 0. The SMILES string of the molecule is C=C(/C=C\C(C)=C/C)/C(=C(\CCCO)c1ccccc1)c1ccc(C2CCNCC2)cc1. The summed E-state index contributed by atoms with van der Waals surface area (Å²) in [7, 11) is 0. The van der Waals surface area contributed by atoms with E-state index in [2.05, 4.69) is 92.5 Å². The van der Waals surface area contributed by atoms with Crippen molar-refractivity contribution >= 4 is 11.1 Å². The van der Waals surface area contributed by atoms with Gasteiger partial charge in [0, 0.05) is 6.61 Å². The maximum atomic E-state index is 9.57. The van der Waals surface area contributed by atoms with Crippen LogP contribution < -0.4 is 5.32 Å². The lowest BCUT2D eigenvalue weighted by molar-refractivity contribution is 0.290. The van der Waals surface area contributed by atoms with Gasteiger partial charge < -0.3 is 10.4 Å². The maximum Gasteiger partial charge on any atom is 0.0434 e. The molecule has 1 aliphatic heterocycles. The topological polar surface area (TPSA) is 32.3 Å². The van der Waals surface area contributed by atoms with Crippen molar-refractivity contribution in [2.75, 3.05) is 19.7 Å². The fourth-order valence-corrected chi connectivity index (χ4v) is 4.35. The Morgan fingerprint density at radius 3 is 2.31 bits per heavy atom. The molecule has 2 aromatic carbocycles. The Bertz CT molecular complexity index is 958. The average molecular weight is 428 g/mol. The first-order chi connectivity index (χ1) is 15.6. The monoisotopic (exact) mass is 427 g/mol. The van der Waals surface area contributed by atoms with E-state index < -0.39 is 0 Å². The van der Waals surface area contributed by atoms with Gasteiger partial charge in [-0.3, -0.25) is 0 Å². The van der Waals surface area contributed by atoms with Crippen molar-refractivity contribution in [1.29, 1.82) is 0 Å². The van der Waals surface area contributed by atoms with Crippen LogP contribution in [0.5, 0.6) is 0 Å². The summed E-state index contributed by atoms with van der Waals surface area (Å²) in [5.41, 5.74) is 8.42. The molecule has 1 saturated heterocycles. The van der Waals surface area contributed by atoms with Gasteiger partial charge in [0.05, 0.1) is 0 Å². The summed E-state index contributed by atoms with van der Waals surface area (Å²) in [5, 5.41) is 13.0. The zero-order valence-corrected chi connectivity index (χ0v) is 19.6. The van der Waals surface area contributed by atoms with Crippen molar-refractivity contribution in [3.8, 4) is 0 Å². The van der Waals surface area contributed by atoms with Gasteiger partial charge in [-0.15, -0.1) is 0 Å². The van der Waals surface area contributed by atoms with E-state index in [-0.39, 0.29) is 6.61 Å². The highest BCUT2D eigenvalue weighted by Crippen LogP contribution is 2.36. The molecule has 0 atom stereocenters. The zero-order chi connectivity index (χ0) is 22.8. The number of hydrogen-bond donors (Lipinski definition) is 2. The summed E-state index contributed by atoms with van der Waals surface area (Å²) in [6, 6.07) is 19.6. The van der Waals surface area contributed by atoms with Gasteiger partial charge >= 0.3 is 0 Å². The number of hydrogen-bond acceptors (Lipinski definition) is 2. The second-order valence-electron chi connectivity index (χ2n) is 8.58. The van der Waals surface area contributed by atoms with Gasteiger partial charge in [-0.25, -0.2) is 0 Å². The largest absolute Gasteiger partial charge is 0.396 e. The van der Waals surface area contributed by atoms with Crippen LogP contribution in [0.4, 0.5) is 0 Å². The second-order valence-corrected chi connectivity index (χ2v) is 8.58. The molecule has 2 heteroatoms. The molecular weight excluding hydrogens is 390 g/mol. The lowest BCUT2D eigenvalue weighted by Gasteiger charge is -2.23. The fraction of sp³-hybridized carbons (Fsp3) is 0.333. The van der Waals surface area contributed by atoms with E-state index in [1.807, 2.05) is 6.07 Å². The van der Waals surface area contributed by atoms with E-state index in [1.165, 1.54) is 46.3 Å². The number of aliphatic hydroxyl groups is 1. The molecule has 0 spiro atoms. The molecule has 0 bridgehead atoms. The van der Waals surface area contributed by atoms with E-state index >= 15 is 0 Å². The van der Waals surface area contributed by atoms with Crippen molar-refractivity contribution in [3.63, 3.8) is 0 Å². The quantitative estimate of drug-likeness (QED) is 0.336. The van der Waals surface area contributed by atoms with E-state index in [4.69, 9.17) is 0 Å². The van der Waals surface area contributed by atoms with Crippen LogP contribution in [0.1, 0.15) is 62.1 Å². The van der Waals surface area contributed by atoms with Crippen molar-refractivity contribution in [2.24, 2.45) is 0 Å². The van der Waals surface area contributed by atoms with E-state index in [9.17, 15) is 5.11 Å². The molecule has 0 amide bonds. The van der Waals surface area contributed by atoms with E-state index in [0.29, 0.717) is 5.92 Å². The molecule has 3 rings (SSSR count). The lowest BCUT2D eigenvalue weighted by atomic mass is 9.85. The Kier molecular flexibility index (Phi) is 9.27. The Balaban J connectivity index is 2.07. The third-order valence-electron chi connectivity index (χ3n) is 6.34. The van der Waals surface area contributed by atoms with Crippen LogP contribution in [0.3, 0.4) is 0 Å². The molecular formula is C30H37NO. The van der Waals surface area contributed by atoms with Crippen molar-refractivity contribution < 1.29 is 5.11 Å². The summed E-state index contributed by atoms with van der Waals surface area (Å²) in [4.78, 5) is 0. The van der Waals surface area contributed by atoms with Crippen LogP contribution in [0.25, 0.3) is 11.1 Å². The number of nitrogens with one attached hydrogen (secondary N) is 1. The smallest absolute Gasteiger partial charge is 0.0434 e. The molecule has 0 radical (unpaired) electrons. The third kappa shape index (κ3) is 6.41. The summed E-state index contributed by atoms with van der Waals surface area (Å²) < 4.78 is 0. The van der Waals surface area contributed by atoms with Gasteiger partial charge in [0.15, 0.2) is 0 Å². The van der Waals surface area contributed by atoms with Gasteiger partial charge in [-0.05, 0) is 91.9 Å². The van der Waals surface area contributed by atoms with Crippen molar-refractivity contribution in [1.82, 2.24) is 5.32 Å². The Hall–Kier alpha value is -2.68. The first kappa shape index (κ1) is 24.0. The molecule has 0 aromatic heterocycles. The van der Waals surface area contributed by atoms with Gasteiger partial charge in [-0.1, -0.05) is 85.0 Å². The zero-order valence-electron chi connectivity index (χ0n) is 19.6. The first-order valence-electron chi connectivity index (χ1n) is 11.8. The van der Waals surface area contributed by atoms with Crippen molar-refractivity contribution in [2.45, 2.75) is 45.4 Å². The average Bonchev–Trinajstić information content (AvgIpc) is 2.86. The third-order valence-corrected chi connectivity index (χ3v) is 6.34. The predicted octanol–water partition coefficient (Wildman–Crippen LogP) is 6.92. The molecule has 1 heterocycles. The van der Waals surface area contributed by atoms with Crippen LogP contribution in [-0.2, 0) is 0 Å². The molecule has 2 aromatic rings. The molecule has 2 N–H and O–H groups in total. The molecule has 1 fully saturated rings. The van der Waals surface area contributed by atoms with E-state index in [0.717, 1.165) is 31.5 Å². The molecule has 168 valence electrons. The van der Waals surface area contributed by atoms with E-state index in [1.54, 1.807) is 0 Å². The van der Waals surface area contributed by atoms with Crippen LogP contribution in [-0.4, -0.2) is 24.8 Å². The molecule has 0 unspecified atom stereocenters. The Labute approximate surface area is 194 Å². The van der Waals surface area contributed by atoms with Gasteiger partial charge in [-0.2, -0.15) is 0 Å². The number of benzene rings is 2. The van der Waals surface area contributed by atoms with Gasteiger partial charge in [0.2, 0.25) is 0 Å². The predicted molar refractivity (Wildman–Crippen MR) is 139 cm³/mol. The minimum absolute atomic E-state index is 0.179. The molecule has 0 saturated carbocycles. The lowest BCUT2D eigenvalue weighted by Crippen LogP contribution is -2.26.